The smallest absolute Gasteiger partial charge is 0.328 e. The number of rotatable bonds is 7. The Morgan fingerprint density at radius 2 is 1.68 bits per heavy atom. The van der Waals surface area contributed by atoms with Crippen LogP contribution >= 0.6 is 0 Å². The minimum absolute atomic E-state index is 0.166. The first kappa shape index (κ1) is 20.0. The Bertz CT molecular complexity index is 305. The van der Waals surface area contributed by atoms with Gasteiger partial charge in [-0.2, -0.15) is 0 Å². The van der Waals surface area contributed by atoms with E-state index in [0.29, 0.717) is 6.42 Å². The maximum atomic E-state index is 10.1. The standard InChI is InChI=1S/C7H14O3.C7H12O2/c1-3-4-7(2,10)5-6(8)9;1-3-4-6(2)5-7(8)9/h10H,3-5H2,1-2H3,(H,8,9);5H,3-4H2,1-2H3,(H,8,9). The zero-order valence-electron chi connectivity index (χ0n) is 12.3. The van der Waals surface area contributed by atoms with E-state index in [2.05, 4.69) is 0 Å². The second-order valence-corrected chi connectivity index (χ2v) is 4.90. The molecule has 0 spiro atoms. The predicted octanol–water partition coefficient (Wildman–Crippen LogP) is 2.83. The van der Waals surface area contributed by atoms with Crippen molar-refractivity contribution in [2.45, 2.75) is 65.4 Å². The summed E-state index contributed by atoms with van der Waals surface area (Å²) in [5, 5.41) is 25.9. The molecule has 0 aliphatic heterocycles. The molecular formula is C14H26O5. The van der Waals surface area contributed by atoms with Crippen LogP contribution in [0, 0.1) is 0 Å². The van der Waals surface area contributed by atoms with Crippen LogP contribution in [0.4, 0.5) is 0 Å². The van der Waals surface area contributed by atoms with Gasteiger partial charge in [-0.1, -0.05) is 32.3 Å². The highest BCUT2D eigenvalue weighted by molar-refractivity contribution is 5.80. The van der Waals surface area contributed by atoms with Crippen LogP contribution < -0.4 is 0 Å². The largest absolute Gasteiger partial charge is 0.481 e. The first-order valence-electron chi connectivity index (χ1n) is 6.48. The summed E-state index contributed by atoms with van der Waals surface area (Å²) < 4.78 is 0. The summed E-state index contributed by atoms with van der Waals surface area (Å²) in [5.41, 5.74) is -0.0920. The van der Waals surface area contributed by atoms with E-state index in [1.807, 2.05) is 20.8 Å². The lowest BCUT2D eigenvalue weighted by molar-refractivity contribution is -0.142. The Balaban J connectivity index is 0. The lowest BCUT2D eigenvalue weighted by atomic mass is 9.97. The molecule has 5 nitrogen and oxygen atoms in total. The van der Waals surface area contributed by atoms with Crippen molar-refractivity contribution in [2.75, 3.05) is 0 Å². The lowest BCUT2D eigenvalue weighted by Crippen LogP contribution is -2.27. The van der Waals surface area contributed by atoms with Crippen LogP contribution in [0.3, 0.4) is 0 Å². The summed E-state index contributed by atoms with van der Waals surface area (Å²) in [5.74, 6) is -1.79. The number of carboxylic acids is 2. The van der Waals surface area contributed by atoms with Crippen LogP contribution in [-0.2, 0) is 9.59 Å². The van der Waals surface area contributed by atoms with E-state index in [-0.39, 0.29) is 6.42 Å². The van der Waals surface area contributed by atoms with E-state index < -0.39 is 17.5 Å². The fourth-order valence-corrected chi connectivity index (χ4v) is 1.63. The zero-order valence-corrected chi connectivity index (χ0v) is 12.3. The maximum absolute atomic E-state index is 10.1. The van der Waals surface area contributed by atoms with Crippen LogP contribution in [-0.4, -0.2) is 32.9 Å². The van der Waals surface area contributed by atoms with Gasteiger partial charge in [-0.25, -0.2) is 4.79 Å². The Kier molecular flexibility index (Phi) is 11.1. The first-order chi connectivity index (χ1) is 8.64. The molecule has 112 valence electrons. The molecule has 0 aliphatic rings. The Morgan fingerprint density at radius 1 is 1.16 bits per heavy atom. The molecule has 3 N–H and O–H groups in total. The number of aliphatic hydroxyl groups is 1. The molecule has 0 amide bonds. The fraction of sp³-hybridized carbons (Fsp3) is 0.714. The van der Waals surface area contributed by atoms with Crippen LogP contribution in [0.25, 0.3) is 0 Å². The van der Waals surface area contributed by atoms with E-state index in [4.69, 9.17) is 10.2 Å². The van der Waals surface area contributed by atoms with Gasteiger partial charge in [-0.3, -0.25) is 4.79 Å². The van der Waals surface area contributed by atoms with Crippen LogP contribution in [0.2, 0.25) is 0 Å². The van der Waals surface area contributed by atoms with E-state index in [9.17, 15) is 14.7 Å². The third-order valence-corrected chi connectivity index (χ3v) is 2.33. The van der Waals surface area contributed by atoms with Crippen molar-refractivity contribution in [1.82, 2.24) is 0 Å². The topological polar surface area (TPSA) is 94.8 Å². The second-order valence-electron chi connectivity index (χ2n) is 4.90. The lowest BCUT2D eigenvalue weighted by Gasteiger charge is -2.19. The average molecular weight is 274 g/mol. The SMILES string of the molecule is CCCC(C)(O)CC(=O)O.CCCC(C)=CC(=O)O. The summed E-state index contributed by atoms with van der Waals surface area (Å²) in [6.45, 7) is 7.32. The predicted molar refractivity (Wildman–Crippen MR) is 74.1 cm³/mol. The van der Waals surface area contributed by atoms with Crippen molar-refractivity contribution < 1.29 is 24.9 Å². The van der Waals surface area contributed by atoms with E-state index >= 15 is 0 Å². The minimum atomic E-state index is -1.03. The molecule has 0 aromatic carbocycles. The molecule has 19 heavy (non-hydrogen) atoms. The summed E-state index contributed by atoms with van der Waals surface area (Å²) >= 11 is 0. The van der Waals surface area contributed by atoms with Gasteiger partial charge in [0, 0.05) is 6.08 Å². The Hall–Kier alpha value is -1.36. The van der Waals surface area contributed by atoms with Crippen molar-refractivity contribution in [3.8, 4) is 0 Å². The quantitative estimate of drug-likeness (QED) is 0.620. The highest BCUT2D eigenvalue weighted by atomic mass is 16.4. The van der Waals surface area contributed by atoms with Gasteiger partial charge < -0.3 is 15.3 Å². The third kappa shape index (κ3) is 16.6. The average Bonchev–Trinajstić information content (AvgIpc) is 2.14. The van der Waals surface area contributed by atoms with Gasteiger partial charge in [0.05, 0.1) is 12.0 Å². The molecule has 0 fully saturated rings. The molecule has 0 rings (SSSR count). The molecular weight excluding hydrogens is 248 g/mol. The number of allylic oxidation sites excluding steroid dienone is 1. The second kappa shape index (κ2) is 10.6. The molecule has 0 aromatic heterocycles. The number of hydrogen-bond donors (Lipinski definition) is 3. The van der Waals surface area contributed by atoms with Crippen molar-refractivity contribution in [2.24, 2.45) is 0 Å². The van der Waals surface area contributed by atoms with Crippen LogP contribution in [0.5, 0.6) is 0 Å². The molecule has 0 aliphatic carbocycles. The highest BCUT2D eigenvalue weighted by Gasteiger charge is 2.22. The van der Waals surface area contributed by atoms with Crippen molar-refractivity contribution in [3.63, 3.8) is 0 Å². The molecule has 1 unspecified atom stereocenters. The molecule has 0 saturated carbocycles. The minimum Gasteiger partial charge on any atom is -0.481 e. The van der Waals surface area contributed by atoms with Gasteiger partial charge in [0.15, 0.2) is 0 Å². The molecule has 0 aromatic rings. The van der Waals surface area contributed by atoms with Crippen molar-refractivity contribution >= 4 is 11.9 Å². The first-order valence-corrected chi connectivity index (χ1v) is 6.48. The summed E-state index contributed by atoms with van der Waals surface area (Å²) in [6, 6.07) is 0. The fourth-order valence-electron chi connectivity index (χ4n) is 1.63. The molecule has 0 heterocycles. The van der Waals surface area contributed by atoms with Crippen LogP contribution in [0.1, 0.15) is 59.8 Å². The van der Waals surface area contributed by atoms with Crippen molar-refractivity contribution in [1.29, 1.82) is 0 Å². The van der Waals surface area contributed by atoms with E-state index in [0.717, 1.165) is 24.8 Å². The van der Waals surface area contributed by atoms with Crippen LogP contribution in [0.15, 0.2) is 11.6 Å². The third-order valence-electron chi connectivity index (χ3n) is 2.33. The molecule has 5 heteroatoms. The molecule has 0 radical (unpaired) electrons. The number of aliphatic carboxylic acids is 2. The summed E-state index contributed by atoms with van der Waals surface area (Å²) in [7, 11) is 0. The van der Waals surface area contributed by atoms with Crippen molar-refractivity contribution in [3.05, 3.63) is 11.6 Å². The Morgan fingerprint density at radius 3 is 2.00 bits per heavy atom. The van der Waals surface area contributed by atoms with Gasteiger partial charge in [0.2, 0.25) is 0 Å². The zero-order chi connectivity index (χ0) is 15.5. The summed E-state index contributed by atoms with van der Waals surface area (Å²) in [6.07, 6.45) is 4.33. The molecule has 0 saturated heterocycles. The number of hydrogen-bond acceptors (Lipinski definition) is 3. The van der Waals surface area contributed by atoms with E-state index in [1.54, 1.807) is 6.92 Å². The van der Waals surface area contributed by atoms with Gasteiger partial charge >= 0.3 is 11.9 Å². The van der Waals surface area contributed by atoms with Gasteiger partial charge in [0.1, 0.15) is 0 Å². The number of carbonyl (C=O) groups is 2. The van der Waals surface area contributed by atoms with Gasteiger partial charge in [-0.05, 0) is 26.7 Å². The highest BCUT2D eigenvalue weighted by Crippen LogP contribution is 2.15. The van der Waals surface area contributed by atoms with E-state index in [1.165, 1.54) is 6.08 Å². The molecule has 1 atom stereocenters. The van der Waals surface area contributed by atoms with Gasteiger partial charge in [0.25, 0.3) is 0 Å². The van der Waals surface area contributed by atoms with Gasteiger partial charge in [-0.15, -0.1) is 0 Å². The molecule has 0 bridgehead atoms. The summed E-state index contributed by atoms with van der Waals surface area (Å²) in [4.78, 5) is 20.1. The number of carboxylic acid groups (broad SMARTS) is 2. The Labute approximate surface area is 115 Å². The monoisotopic (exact) mass is 274 g/mol. The maximum Gasteiger partial charge on any atom is 0.328 e. The normalized spacial score (nSPS) is 14.1.